The quantitative estimate of drug-likeness (QED) is 0.733. The Labute approximate surface area is 114 Å². The van der Waals surface area contributed by atoms with Crippen LogP contribution in [0.1, 0.15) is 38.5 Å². The molecule has 4 bridgehead atoms. The van der Waals surface area contributed by atoms with E-state index in [-0.39, 0.29) is 11.4 Å². The van der Waals surface area contributed by atoms with Crippen molar-refractivity contribution in [1.82, 2.24) is 0 Å². The van der Waals surface area contributed by atoms with Crippen LogP contribution >= 0.6 is 0 Å². The van der Waals surface area contributed by atoms with Crippen LogP contribution in [0.4, 0.5) is 0 Å². The highest BCUT2D eigenvalue weighted by Gasteiger charge is 2.65. The van der Waals surface area contributed by atoms with Gasteiger partial charge in [0, 0.05) is 11.8 Å². The van der Waals surface area contributed by atoms with E-state index in [1.165, 1.54) is 19.3 Å². The second-order valence-corrected chi connectivity index (χ2v) is 6.70. The third-order valence-corrected chi connectivity index (χ3v) is 5.63. The standard InChI is InChI=1S/C15H21NO3/c16-2-1-3-17-14-8-11-6-12(9-14)15(13(7-11)10-14)18-4-5-19-15/h11-13H,1,3-10H2/t11-,12-,13+,14-. The van der Waals surface area contributed by atoms with Crippen LogP contribution < -0.4 is 0 Å². The first-order chi connectivity index (χ1) is 9.26. The van der Waals surface area contributed by atoms with Crippen molar-refractivity contribution in [3.63, 3.8) is 0 Å². The zero-order valence-electron chi connectivity index (χ0n) is 11.3. The number of nitrogens with zero attached hydrogens (tertiary/aromatic N) is 1. The minimum atomic E-state index is -0.279. The average Bonchev–Trinajstić information content (AvgIpc) is 2.86. The molecule has 0 aromatic carbocycles. The van der Waals surface area contributed by atoms with Crippen molar-refractivity contribution in [3.8, 4) is 6.07 Å². The fraction of sp³-hybridized carbons (Fsp3) is 0.933. The Morgan fingerprint density at radius 3 is 2.42 bits per heavy atom. The van der Waals surface area contributed by atoms with E-state index < -0.39 is 0 Å². The number of ether oxygens (including phenoxy) is 3. The first kappa shape index (κ1) is 12.1. The lowest BCUT2D eigenvalue weighted by atomic mass is 9.51. The molecule has 0 radical (unpaired) electrons. The molecule has 0 aromatic heterocycles. The summed E-state index contributed by atoms with van der Waals surface area (Å²) in [6.45, 7) is 2.08. The summed E-state index contributed by atoms with van der Waals surface area (Å²) in [5.41, 5.74) is 0.0217. The highest BCUT2D eigenvalue weighted by atomic mass is 16.7. The molecule has 5 fully saturated rings. The maximum Gasteiger partial charge on any atom is 0.174 e. The summed E-state index contributed by atoms with van der Waals surface area (Å²) in [7, 11) is 0. The van der Waals surface area contributed by atoms with Gasteiger partial charge in [-0.2, -0.15) is 5.26 Å². The van der Waals surface area contributed by atoms with Gasteiger partial charge in [0.2, 0.25) is 0 Å². The largest absolute Gasteiger partial charge is 0.374 e. The molecule has 19 heavy (non-hydrogen) atoms. The number of hydrogen-bond donors (Lipinski definition) is 0. The van der Waals surface area contributed by atoms with Crippen LogP contribution in [0.15, 0.2) is 0 Å². The average molecular weight is 263 g/mol. The second kappa shape index (κ2) is 4.18. The van der Waals surface area contributed by atoms with E-state index in [2.05, 4.69) is 6.07 Å². The molecule has 4 saturated carbocycles. The minimum Gasteiger partial charge on any atom is -0.374 e. The molecule has 4 atom stereocenters. The highest BCUT2D eigenvalue weighted by molar-refractivity contribution is 5.11. The van der Waals surface area contributed by atoms with E-state index in [9.17, 15) is 0 Å². The SMILES string of the molecule is N#CCCO[C@]12C[C@@H]3C[C@H](C1)C1(OCCO1)[C@@H](C3)C2. The van der Waals surface area contributed by atoms with Gasteiger partial charge in [-0.3, -0.25) is 0 Å². The number of nitriles is 1. The Kier molecular flexibility index (Phi) is 2.67. The summed E-state index contributed by atoms with van der Waals surface area (Å²) in [6.07, 6.45) is 6.28. The fourth-order valence-corrected chi connectivity index (χ4v) is 5.26. The molecule has 1 heterocycles. The van der Waals surface area contributed by atoms with Crippen molar-refractivity contribution >= 4 is 0 Å². The summed E-state index contributed by atoms with van der Waals surface area (Å²) in [6, 6.07) is 2.17. The van der Waals surface area contributed by atoms with Crippen LogP contribution in [0, 0.1) is 29.1 Å². The third kappa shape index (κ3) is 1.68. The van der Waals surface area contributed by atoms with E-state index in [4.69, 9.17) is 19.5 Å². The van der Waals surface area contributed by atoms with Crippen molar-refractivity contribution in [2.75, 3.05) is 19.8 Å². The maximum absolute atomic E-state index is 8.68. The van der Waals surface area contributed by atoms with Gasteiger partial charge >= 0.3 is 0 Å². The van der Waals surface area contributed by atoms with Crippen LogP contribution in [-0.2, 0) is 14.2 Å². The van der Waals surface area contributed by atoms with Gasteiger partial charge in [0.1, 0.15) is 0 Å². The highest BCUT2D eigenvalue weighted by Crippen LogP contribution is 2.63. The van der Waals surface area contributed by atoms with Crippen LogP contribution in [-0.4, -0.2) is 31.2 Å². The van der Waals surface area contributed by atoms with Crippen LogP contribution in [0.25, 0.3) is 0 Å². The second-order valence-electron chi connectivity index (χ2n) is 6.70. The summed E-state index contributed by atoms with van der Waals surface area (Å²) in [5.74, 6) is 1.50. The first-order valence-electron chi connectivity index (χ1n) is 7.55. The first-order valence-corrected chi connectivity index (χ1v) is 7.55. The number of hydrogen-bond acceptors (Lipinski definition) is 4. The lowest BCUT2D eigenvalue weighted by Gasteiger charge is -2.62. The fourth-order valence-electron chi connectivity index (χ4n) is 5.26. The zero-order chi connectivity index (χ0) is 12.9. The van der Waals surface area contributed by atoms with Crippen molar-refractivity contribution < 1.29 is 14.2 Å². The Morgan fingerprint density at radius 1 is 1.11 bits per heavy atom. The molecule has 5 aliphatic rings. The Balaban J connectivity index is 1.56. The molecule has 0 N–H and O–H groups in total. The van der Waals surface area contributed by atoms with Gasteiger partial charge in [0.05, 0.1) is 37.9 Å². The van der Waals surface area contributed by atoms with E-state index in [1.807, 2.05) is 0 Å². The van der Waals surface area contributed by atoms with Crippen molar-refractivity contribution in [3.05, 3.63) is 0 Å². The van der Waals surface area contributed by atoms with Crippen molar-refractivity contribution in [2.45, 2.75) is 49.9 Å². The topological polar surface area (TPSA) is 51.5 Å². The molecule has 104 valence electrons. The predicted octanol–water partition coefficient (Wildman–Crippen LogP) is 2.24. The minimum absolute atomic E-state index is 0.0217. The molecular formula is C15H21NO3. The normalized spacial score (nSPS) is 45.7. The van der Waals surface area contributed by atoms with Gasteiger partial charge in [0.25, 0.3) is 0 Å². The van der Waals surface area contributed by atoms with E-state index in [1.54, 1.807) is 0 Å². The molecule has 4 nitrogen and oxygen atoms in total. The van der Waals surface area contributed by atoms with Gasteiger partial charge in [-0.05, 0) is 38.0 Å². The molecular weight excluding hydrogens is 242 g/mol. The Hall–Kier alpha value is -0.630. The van der Waals surface area contributed by atoms with Gasteiger partial charge in [-0.1, -0.05) is 0 Å². The van der Waals surface area contributed by atoms with Gasteiger partial charge in [-0.15, -0.1) is 0 Å². The lowest BCUT2D eigenvalue weighted by Crippen LogP contribution is -2.64. The summed E-state index contributed by atoms with van der Waals surface area (Å²) >= 11 is 0. The smallest absolute Gasteiger partial charge is 0.174 e. The molecule has 0 aromatic rings. The Bertz CT molecular complexity index is 392. The maximum atomic E-state index is 8.68. The van der Waals surface area contributed by atoms with Crippen molar-refractivity contribution in [1.29, 1.82) is 5.26 Å². The third-order valence-electron chi connectivity index (χ3n) is 5.63. The van der Waals surface area contributed by atoms with Gasteiger partial charge < -0.3 is 14.2 Å². The molecule has 0 unspecified atom stereocenters. The molecule has 1 spiro atoms. The van der Waals surface area contributed by atoms with Gasteiger partial charge in [-0.25, -0.2) is 0 Å². The van der Waals surface area contributed by atoms with E-state index in [0.29, 0.717) is 24.9 Å². The van der Waals surface area contributed by atoms with Gasteiger partial charge in [0.15, 0.2) is 5.79 Å². The van der Waals surface area contributed by atoms with E-state index >= 15 is 0 Å². The number of rotatable bonds is 3. The molecule has 5 rings (SSSR count). The van der Waals surface area contributed by atoms with Crippen LogP contribution in [0.2, 0.25) is 0 Å². The van der Waals surface area contributed by atoms with E-state index in [0.717, 1.165) is 32.0 Å². The van der Waals surface area contributed by atoms with Crippen LogP contribution in [0.3, 0.4) is 0 Å². The van der Waals surface area contributed by atoms with Crippen molar-refractivity contribution in [2.24, 2.45) is 17.8 Å². The van der Waals surface area contributed by atoms with Crippen LogP contribution in [0.5, 0.6) is 0 Å². The predicted molar refractivity (Wildman–Crippen MR) is 67.1 cm³/mol. The molecule has 4 heteroatoms. The monoisotopic (exact) mass is 263 g/mol. The molecule has 1 aliphatic heterocycles. The summed E-state index contributed by atoms with van der Waals surface area (Å²) in [4.78, 5) is 0. The summed E-state index contributed by atoms with van der Waals surface area (Å²) < 4.78 is 18.3. The lowest BCUT2D eigenvalue weighted by molar-refractivity contribution is -0.319. The summed E-state index contributed by atoms with van der Waals surface area (Å²) in [5, 5.41) is 8.68. The molecule has 1 saturated heterocycles. The Morgan fingerprint density at radius 2 is 1.79 bits per heavy atom. The molecule has 4 aliphatic carbocycles. The molecule has 0 amide bonds. The zero-order valence-corrected chi connectivity index (χ0v) is 11.3.